The lowest BCUT2D eigenvalue weighted by Crippen LogP contribution is -2.44. The molecule has 0 bridgehead atoms. The first-order valence-corrected chi connectivity index (χ1v) is 11.6. The Morgan fingerprint density at radius 3 is 2.68 bits per heavy atom. The number of carbonyl (C=O) groups excluding carboxylic acids is 1. The van der Waals surface area contributed by atoms with Crippen molar-refractivity contribution in [2.24, 2.45) is 5.92 Å². The van der Waals surface area contributed by atoms with Gasteiger partial charge in [0.1, 0.15) is 17.2 Å². The molecule has 5 heterocycles. The number of hydrogen-bond acceptors (Lipinski definition) is 5. The van der Waals surface area contributed by atoms with Crippen molar-refractivity contribution < 1.29 is 4.79 Å². The van der Waals surface area contributed by atoms with E-state index in [-0.39, 0.29) is 11.5 Å². The Morgan fingerprint density at radius 1 is 1.06 bits per heavy atom. The van der Waals surface area contributed by atoms with Crippen molar-refractivity contribution >= 4 is 22.9 Å². The fourth-order valence-electron chi connectivity index (χ4n) is 5.47. The summed E-state index contributed by atoms with van der Waals surface area (Å²) in [7, 11) is 0. The fraction of sp³-hybridized carbons (Fsp3) is 0.565. The minimum Gasteiger partial charge on any atom is -0.356 e. The number of amides is 1. The SMILES string of the molecule is O=C([C@@H]1CCCN(c2ccc3[nH]c(C4(n5cccn5)CCC4)nc3n2)C1)N1CCCC1. The highest BCUT2D eigenvalue weighted by atomic mass is 16.2. The second-order valence-electron chi connectivity index (χ2n) is 9.28. The quantitative estimate of drug-likeness (QED) is 0.703. The van der Waals surface area contributed by atoms with Gasteiger partial charge >= 0.3 is 0 Å². The van der Waals surface area contributed by atoms with Crippen molar-refractivity contribution in [2.45, 2.75) is 50.5 Å². The lowest BCUT2D eigenvalue weighted by molar-refractivity contribution is -0.134. The number of aromatic nitrogens is 5. The molecule has 31 heavy (non-hydrogen) atoms. The predicted molar refractivity (Wildman–Crippen MR) is 118 cm³/mol. The third-order valence-electron chi connectivity index (χ3n) is 7.41. The molecule has 1 aliphatic carbocycles. The van der Waals surface area contributed by atoms with E-state index < -0.39 is 0 Å². The number of piperidine rings is 1. The molecule has 8 nitrogen and oxygen atoms in total. The molecule has 0 aromatic carbocycles. The number of hydrogen-bond donors (Lipinski definition) is 1. The van der Waals surface area contributed by atoms with Gasteiger partial charge in [-0.15, -0.1) is 0 Å². The molecule has 0 radical (unpaired) electrons. The summed E-state index contributed by atoms with van der Waals surface area (Å²) in [6.07, 6.45) is 11.4. The van der Waals surface area contributed by atoms with Gasteiger partial charge in [-0.25, -0.2) is 9.97 Å². The molecule has 0 spiro atoms. The van der Waals surface area contributed by atoms with E-state index in [9.17, 15) is 4.79 Å². The van der Waals surface area contributed by atoms with E-state index in [1.54, 1.807) is 0 Å². The summed E-state index contributed by atoms with van der Waals surface area (Å²) in [5.74, 6) is 2.28. The molecular weight excluding hydrogens is 390 g/mol. The summed E-state index contributed by atoms with van der Waals surface area (Å²) in [6.45, 7) is 3.54. The summed E-state index contributed by atoms with van der Waals surface area (Å²) < 4.78 is 2.04. The fourth-order valence-corrected chi connectivity index (χ4v) is 5.47. The molecule has 6 rings (SSSR count). The highest BCUT2D eigenvalue weighted by Gasteiger charge is 2.44. The molecule has 8 heteroatoms. The number of nitrogens with one attached hydrogen (secondary N) is 1. The average molecular weight is 420 g/mol. The van der Waals surface area contributed by atoms with Crippen LogP contribution in [0.5, 0.6) is 0 Å². The van der Waals surface area contributed by atoms with Crippen LogP contribution in [0.3, 0.4) is 0 Å². The van der Waals surface area contributed by atoms with Gasteiger partial charge in [-0.3, -0.25) is 9.48 Å². The molecule has 2 aliphatic heterocycles. The number of pyridine rings is 1. The van der Waals surface area contributed by atoms with Crippen LogP contribution in [0.25, 0.3) is 11.2 Å². The molecule has 162 valence electrons. The third kappa shape index (κ3) is 3.11. The van der Waals surface area contributed by atoms with Gasteiger partial charge in [-0.05, 0) is 63.1 Å². The van der Waals surface area contributed by atoms with Crippen LogP contribution in [0, 0.1) is 5.92 Å². The first kappa shape index (κ1) is 18.8. The Labute approximate surface area is 181 Å². The maximum absolute atomic E-state index is 12.9. The van der Waals surface area contributed by atoms with E-state index in [0.29, 0.717) is 5.91 Å². The monoisotopic (exact) mass is 419 g/mol. The van der Waals surface area contributed by atoms with Crippen LogP contribution in [-0.2, 0) is 10.3 Å². The van der Waals surface area contributed by atoms with Crippen molar-refractivity contribution in [3.8, 4) is 0 Å². The van der Waals surface area contributed by atoms with Gasteiger partial charge in [0.15, 0.2) is 5.65 Å². The molecule has 1 N–H and O–H groups in total. The number of aromatic amines is 1. The number of H-pyrrole nitrogens is 1. The van der Waals surface area contributed by atoms with E-state index in [2.05, 4.69) is 32.0 Å². The van der Waals surface area contributed by atoms with Gasteiger partial charge in [-0.2, -0.15) is 5.10 Å². The van der Waals surface area contributed by atoms with Crippen LogP contribution < -0.4 is 4.90 Å². The molecule has 1 atom stereocenters. The maximum atomic E-state index is 12.9. The zero-order chi connectivity index (χ0) is 20.8. The van der Waals surface area contributed by atoms with Gasteiger partial charge in [-0.1, -0.05) is 0 Å². The van der Waals surface area contributed by atoms with Crippen molar-refractivity contribution in [3.63, 3.8) is 0 Å². The Hall–Kier alpha value is -2.90. The van der Waals surface area contributed by atoms with Crippen LogP contribution in [0.15, 0.2) is 30.6 Å². The molecule has 0 unspecified atom stereocenters. The summed E-state index contributed by atoms with van der Waals surface area (Å²) in [6, 6.07) is 6.11. The minimum atomic E-state index is -0.178. The van der Waals surface area contributed by atoms with Crippen molar-refractivity contribution in [2.75, 3.05) is 31.1 Å². The lowest BCUT2D eigenvalue weighted by Gasteiger charge is -2.40. The number of nitrogens with zero attached hydrogens (tertiary/aromatic N) is 6. The van der Waals surface area contributed by atoms with Crippen molar-refractivity contribution in [1.29, 1.82) is 0 Å². The Kier molecular flexibility index (Phi) is 4.47. The first-order chi connectivity index (χ1) is 15.2. The summed E-state index contributed by atoms with van der Waals surface area (Å²) in [4.78, 5) is 30.5. The van der Waals surface area contributed by atoms with E-state index in [1.807, 2.05) is 23.1 Å². The highest BCUT2D eigenvalue weighted by molar-refractivity contribution is 5.80. The molecule has 1 saturated carbocycles. The summed E-state index contributed by atoms with van der Waals surface area (Å²) >= 11 is 0. The number of rotatable bonds is 4. The van der Waals surface area contributed by atoms with Crippen molar-refractivity contribution in [3.05, 3.63) is 36.4 Å². The Morgan fingerprint density at radius 2 is 1.94 bits per heavy atom. The zero-order valence-electron chi connectivity index (χ0n) is 17.8. The van der Waals surface area contributed by atoms with E-state index >= 15 is 0 Å². The molecular formula is C23H29N7O. The largest absolute Gasteiger partial charge is 0.356 e. The lowest BCUT2D eigenvalue weighted by atomic mass is 9.76. The number of fused-ring (bicyclic) bond motifs is 1. The molecule has 3 fully saturated rings. The molecule has 3 aromatic heterocycles. The van der Waals surface area contributed by atoms with Crippen molar-refractivity contribution in [1.82, 2.24) is 29.6 Å². The Bertz CT molecular complexity index is 1080. The second kappa shape index (κ2) is 7.35. The van der Waals surface area contributed by atoms with E-state index in [1.165, 1.54) is 6.42 Å². The van der Waals surface area contributed by atoms with Gasteiger partial charge in [0, 0.05) is 38.6 Å². The number of imidazole rings is 1. The van der Waals surface area contributed by atoms with Crippen LogP contribution in [0.4, 0.5) is 5.82 Å². The second-order valence-corrected chi connectivity index (χ2v) is 9.28. The third-order valence-corrected chi connectivity index (χ3v) is 7.41. The summed E-state index contributed by atoms with van der Waals surface area (Å²) in [5, 5.41) is 4.50. The molecule has 2 saturated heterocycles. The van der Waals surface area contributed by atoms with Gasteiger partial charge < -0.3 is 14.8 Å². The number of carbonyl (C=O) groups is 1. The van der Waals surface area contributed by atoms with Gasteiger partial charge in [0.25, 0.3) is 0 Å². The standard InChI is InChI=1S/C23H29N7O/c31-21(28-12-1-2-13-28)17-6-3-14-29(16-17)19-8-7-18-20(26-19)27-22(25-18)23(9-4-10-23)30-15-5-11-24-30/h5,7-8,11,15,17H,1-4,6,9-10,12-14,16H2,(H,25,26,27)/t17-/m1/s1. The van der Waals surface area contributed by atoms with E-state index in [4.69, 9.17) is 9.97 Å². The predicted octanol–water partition coefficient (Wildman–Crippen LogP) is 2.92. The smallest absolute Gasteiger partial charge is 0.227 e. The molecule has 3 aromatic rings. The van der Waals surface area contributed by atoms with Crippen LogP contribution in [-0.4, -0.2) is 61.7 Å². The topological polar surface area (TPSA) is 82.9 Å². The first-order valence-electron chi connectivity index (χ1n) is 11.6. The summed E-state index contributed by atoms with van der Waals surface area (Å²) in [5.41, 5.74) is 1.53. The average Bonchev–Trinajstić information content (AvgIpc) is 3.54. The highest BCUT2D eigenvalue weighted by Crippen LogP contribution is 2.43. The maximum Gasteiger partial charge on any atom is 0.227 e. The molecule has 1 amide bonds. The van der Waals surface area contributed by atoms with Gasteiger partial charge in [0.2, 0.25) is 5.91 Å². The number of likely N-dealkylation sites (tertiary alicyclic amines) is 1. The normalized spacial score (nSPS) is 23.3. The van der Waals surface area contributed by atoms with Gasteiger partial charge in [0.05, 0.1) is 11.4 Å². The number of anilines is 1. The van der Waals surface area contributed by atoms with E-state index in [0.717, 1.165) is 87.5 Å². The molecule has 3 aliphatic rings. The Balaban J connectivity index is 1.25. The van der Waals surface area contributed by atoms with Crippen LogP contribution in [0.2, 0.25) is 0 Å². The van der Waals surface area contributed by atoms with Crippen LogP contribution in [0.1, 0.15) is 50.8 Å². The van der Waals surface area contributed by atoms with Crippen LogP contribution >= 0.6 is 0 Å². The zero-order valence-corrected chi connectivity index (χ0v) is 17.8. The minimum absolute atomic E-state index is 0.0807.